The number of nitrogens with one attached hydrogen (secondary N) is 1. The zero-order chi connectivity index (χ0) is 12.5. The van der Waals surface area contributed by atoms with Gasteiger partial charge in [0, 0.05) is 12.2 Å². The fourth-order valence-electron chi connectivity index (χ4n) is 2.88. The smallest absolute Gasteiger partial charge is 0.0406 e. The summed E-state index contributed by atoms with van der Waals surface area (Å²) in [5, 5.41) is 3.58. The third-order valence-corrected chi connectivity index (χ3v) is 3.99. The second kappa shape index (κ2) is 4.49. The molecule has 0 saturated carbocycles. The van der Waals surface area contributed by atoms with E-state index in [0.29, 0.717) is 5.92 Å². The van der Waals surface area contributed by atoms with Crippen molar-refractivity contribution in [3.63, 3.8) is 0 Å². The molecule has 1 atom stereocenters. The monoisotopic (exact) mass is 237 g/mol. The van der Waals surface area contributed by atoms with Gasteiger partial charge in [0.05, 0.1) is 0 Å². The van der Waals surface area contributed by atoms with Crippen LogP contribution in [0.3, 0.4) is 0 Å². The third kappa shape index (κ3) is 1.90. The molecule has 0 spiro atoms. The summed E-state index contributed by atoms with van der Waals surface area (Å²) in [5.41, 5.74) is 6.74. The summed E-state index contributed by atoms with van der Waals surface area (Å²) in [5.74, 6) is 0.625. The van der Waals surface area contributed by atoms with Crippen LogP contribution in [0.5, 0.6) is 0 Å². The molecule has 1 aromatic rings. The molecule has 1 aliphatic carbocycles. The lowest BCUT2D eigenvalue weighted by Gasteiger charge is -2.27. The zero-order valence-corrected chi connectivity index (χ0v) is 10.9. The van der Waals surface area contributed by atoms with E-state index in [0.717, 1.165) is 19.4 Å². The molecule has 0 aromatic heterocycles. The number of hydrogen-bond donors (Lipinski definition) is 1. The molecule has 0 radical (unpaired) electrons. The van der Waals surface area contributed by atoms with Gasteiger partial charge in [0.25, 0.3) is 0 Å². The van der Waals surface area contributed by atoms with E-state index < -0.39 is 0 Å². The molecule has 1 heterocycles. The highest BCUT2D eigenvalue weighted by Crippen LogP contribution is 2.34. The lowest BCUT2D eigenvalue weighted by Crippen LogP contribution is -2.21. The second-order valence-electron chi connectivity index (χ2n) is 5.27. The van der Waals surface area contributed by atoms with Crippen molar-refractivity contribution >= 4 is 5.57 Å². The summed E-state index contributed by atoms with van der Waals surface area (Å²) >= 11 is 0. The highest BCUT2D eigenvalue weighted by molar-refractivity contribution is 5.69. The minimum Gasteiger partial charge on any atom is -0.381 e. The van der Waals surface area contributed by atoms with Gasteiger partial charge in [-0.15, -0.1) is 0 Å². The number of fused-ring (bicyclic) bond motifs is 1. The zero-order valence-electron chi connectivity index (χ0n) is 10.9. The van der Waals surface area contributed by atoms with E-state index in [1.54, 1.807) is 0 Å². The van der Waals surface area contributed by atoms with E-state index >= 15 is 0 Å². The summed E-state index contributed by atoms with van der Waals surface area (Å²) in [7, 11) is 0. The fourth-order valence-corrected chi connectivity index (χ4v) is 2.88. The van der Waals surface area contributed by atoms with Crippen LogP contribution in [0.2, 0.25) is 0 Å². The van der Waals surface area contributed by atoms with Gasteiger partial charge in [-0.25, -0.2) is 0 Å². The van der Waals surface area contributed by atoms with Crippen molar-refractivity contribution in [2.75, 3.05) is 0 Å². The lowest BCUT2D eigenvalue weighted by molar-refractivity contribution is 0.638. The molecule has 1 nitrogen and oxygen atoms in total. The minimum absolute atomic E-state index is 0.625. The van der Waals surface area contributed by atoms with Crippen LogP contribution in [-0.2, 0) is 6.54 Å². The highest BCUT2D eigenvalue weighted by Gasteiger charge is 2.20. The fraction of sp³-hybridized carbons (Fsp3) is 0.294. The van der Waals surface area contributed by atoms with Gasteiger partial charge in [0.15, 0.2) is 0 Å². The van der Waals surface area contributed by atoms with Crippen LogP contribution in [0.4, 0.5) is 0 Å². The maximum absolute atomic E-state index is 4.30. The third-order valence-electron chi connectivity index (χ3n) is 3.99. The SMILES string of the molecule is C=C1CC2=C(C=CCC2C)NCc2ccccc21. The average molecular weight is 237 g/mol. The standard InChI is InChI=1S/C17H19N/c1-12-6-5-9-17-16(12)10-13(2)15-8-4-3-7-14(15)11-18-17/h3-5,7-9,12,18H,2,6,10-11H2,1H3. The number of hydrogen-bond acceptors (Lipinski definition) is 1. The summed E-state index contributed by atoms with van der Waals surface area (Å²) in [6, 6.07) is 8.58. The Morgan fingerprint density at radius 3 is 3.00 bits per heavy atom. The topological polar surface area (TPSA) is 12.0 Å². The molecule has 1 N–H and O–H groups in total. The van der Waals surface area contributed by atoms with Gasteiger partial charge in [-0.2, -0.15) is 0 Å². The largest absolute Gasteiger partial charge is 0.381 e. The Labute approximate surface area is 109 Å². The predicted octanol–water partition coefficient (Wildman–Crippen LogP) is 4.04. The van der Waals surface area contributed by atoms with Crippen LogP contribution in [-0.4, -0.2) is 0 Å². The van der Waals surface area contributed by atoms with Gasteiger partial charge in [-0.3, -0.25) is 0 Å². The number of rotatable bonds is 0. The Hall–Kier alpha value is -1.76. The van der Waals surface area contributed by atoms with Gasteiger partial charge in [-0.05, 0) is 47.1 Å². The molecule has 1 aromatic carbocycles. The Balaban J connectivity index is 2.02. The van der Waals surface area contributed by atoms with Gasteiger partial charge >= 0.3 is 0 Å². The molecular weight excluding hydrogens is 218 g/mol. The van der Waals surface area contributed by atoms with E-state index in [4.69, 9.17) is 0 Å². The first-order valence-corrected chi connectivity index (χ1v) is 6.65. The first kappa shape index (κ1) is 11.3. The first-order chi connectivity index (χ1) is 8.75. The molecule has 1 unspecified atom stereocenters. The van der Waals surface area contributed by atoms with Crippen molar-refractivity contribution < 1.29 is 0 Å². The summed E-state index contributed by atoms with van der Waals surface area (Å²) in [6.07, 6.45) is 6.64. The molecule has 18 heavy (non-hydrogen) atoms. The maximum atomic E-state index is 4.30. The number of allylic oxidation sites excluding steroid dienone is 4. The van der Waals surface area contributed by atoms with Crippen molar-refractivity contribution in [2.45, 2.75) is 26.3 Å². The van der Waals surface area contributed by atoms with E-state index in [-0.39, 0.29) is 0 Å². The van der Waals surface area contributed by atoms with Gasteiger partial charge in [-0.1, -0.05) is 43.8 Å². The van der Waals surface area contributed by atoms with Crippen molar-refractivity contribution in [1.82, 2.24) is 5.32 Å². The van der Waals surface area contributed by atoms with Crippen LogP contribution < -0.4 is 5.32 Å². The molecule has 0 fully saturated rings. The molecule has 92 valence electrons. The van der Waals surface area contributed by atoms with Crippen LogP contribution in [0.25, 0.3) is 5.57 Å². The van der Waals surface area contributed by atoms with E-state index in [2.05, 4.69) is 55.2 Å². The van der Waals surface area contributed by atoms with Crippen molar-refractivity contribution in [3.05, 3.63) is 65.4 Å². The van der Waals surface area contributed by atoms with E-state index in [1.165, 1.54) is 28.0 Å². The molecular formula is C17H19N. The Bertz CT molecular complexity index is 548. The molecule has 1 heteroatoms. The molecule has 0 amide bonds. The lowest BCUT2D eigenvalue weighted by atomic mass is 9.83. The first-order valence-electron chi connectivity index (χ1n) is 6.65. The Morgan fingerprint density at radius 2 is 2.11 bits per heavy atom. The Morgan fingerprint density at radius 1 is 1.28 bits per heavy atom. The summed E-state index contributed by atoms with van der Waals surface area (Å²) in [6.45, 7) is 7.50. The van der Waals surface area contributed by atoms with Gasteiger partial charge in [0.2, 0.25) is 0 Å². The predicted molar refractivity (Wildman–Crippen MR) is 76.9 cm³/mol. The van der Waals surface area contributed by atoms with Gasteiger partial charge < -0.3 is 5.32 Å². The van der Waals surface area contributed by atoms with Crippen molar-refractivity contribution in [3.8, 4) is 0 Å². The molecule has 0 saturated heterocycles. The second-order valence-corrected chi connectivity index (χ2v) is 5.27. The van der Waals surface area contributed by atoms with Crippen LogP contribution in [0.1, 0.15) is 30.9 Å². The summed E-state index contributed by atoms with van der Waals surface area (Å²) < 4.78 is 0. The molecule has 2 aliphatic rings. The van der Waals surface area contributed by atoms with Crippen molar-refractivity contribution in [1.29, 1.82) is 0 Å². The van der Waals surface area contributed by atoms with Gasteiger partial charge in [0.1, 0.15) is 0 Å². The molecule has 3 rings (SSSR count). The Kier molecular flexibility index (Phi) is 2.83. The number of benzene rings is 1. The van der Waals surface area contributed by atoms with E-state index in [9.17, 15) is 0 Å². The van der Waals surface area contributed by atoms with Crippen LogP contribution in [0, 0.1) is 5.92 Å². The quantitative estimate of drug-likeness (QED) is 0.718. The molecule has 1 aliphatic heterocycles. The molecule has 0 bridgehead atoms. The highest BCUT2D eigenvalue weighted by atomic mass is 14.9. The van der Waals surface area contributed by atoms with Crippen LogP contribution in [0.15, 0.2) is 54.3 Å². The summed E-state index contributed by atoms with van der Waals surface area (Å²) in [4.78, 5) is 0. The van der Waals surface area contributed by atoms with E-state index in [1.807, 2.05) is 0 Å². The van der Waals surface area contributed by atoms with Crippen molar-refractivity contribution in [2.24, 2.45) is 5.92 Å². The average Bonchev–Trinajstić information content (AvgIpc) is 2.38. The minimum atomic E-state index is 0.625. The van der Waals surface area contributed by atoms with Crippen LogP contribution >= 0.6 is 0 Å². The maximum Gasteiger partial charge on any atom is 0.0406 e. The normalized spacial score (nSPS) is 22.7.